The van der Waals surface area contributed by atoms with Gasteiger partial charge in [-0.3, -0.25) is 0 Å². The average Bonchev–Trinajstić information content (AvgIpc) is 0.909. The van der Waals surface area contributed by atoms with Crippen molar-refractivity contribution in [1.29, 1.82) is 0 Å². The Hall–Kier alpha value is -2.76. The predicted octanol–water partition coefficient (Wildman–Crippen LogP) is 45.6. The molecule has 4 nitrogen and oxygen atoms in total. The van der Waals surface area contributed by atoms with Gasteiger partial charge in [-0.15, -0.1) is 0 Å². The van der Waals surface area contributed by atoms with Gasteiger partial charge in [0, 0.05) is 70.8 Å². The SMILES string of the molecule is C1=CSC(=C2SC=CS2)S1.C1=CSC(=C2SC=CS2)S1.C1=CSC(=C2SC=CS2)S1.C1=CSC(=C2SC=CS2)S1.C1=CSC(=C2SC=CS2)S1.C1=CSC(=C2SC=CS2)S1.F[P-](F)(F)(F)(F)F.F[P-](F)(F)(F)(F)F.F[P-](F)(F)(F)(F)F.F[P-](F)(F)(F)(F)F.c1cc2ccc1C[n+]1ccc(cc1)-c1cc[n+](cc1)Cc1ccc(cc1)-c1ccc(cc1)C[n+]1ccc(cc1)-c1cc[n+](cc1)Cc1ccc-2cc1. The van der Waals surface area contributed by atoms with Crippen LogP contribution >= 0.6 is 314 Å². The Bertz CT molecular complexity index is 5000. The first-order valence-corrected chi connectivity index (χ1v) is 67.3. The number of aromatic nitrogens is 4. The van der Waals surface area contributed by atoms with Crippen molar-refractivity contribution in [1.82, 2.24) is 0 Å². The van der Waals surface area contributed by atoms with Crippen LogP contribution in [-0.2, 0) is 26.2 Å². The first kappa shape index (κ1) is 118. The largest absolute Gasteiger partial charge is 0.201 e. The van der Waals surface area contributed by atoms with Crippen molar-refractivity contribution >= 4 is 314 Å². The first-order valence-electron chi connectivity index (χ1n) is 38.1. The monoisotopic (exact) mass is 2480 g/mol. The molecule has 0 spiro atoms. The molecule has 140 heavy (non-hydrogen) atoms. The topological polar surface area (TPSA) is 15.5 Å². The molecule has 0 fully saturated rings. The molecule has 38 heterocycles. The predicted molar refractivity (Wildman–Crippen MR) is 593 cm³/mol. The van der Waals surface area contributed by atoms with Crippen LogP contribution in [0.15, 0.2) is 376 Å². The van der Waals surface area contributed by atoms with E-state index in [0.717, 1.165) is 26.2 Å². The molecule has 0 saturated heterocycles. The maximum atomic E-state index is 9.87. The summed E-state index contributed by atoms with van der Waals surface area (Å²) in [6, 6.07) is 53.4. The van der Waals surface area contributed by atoms with Gasteiger partial charge in [0.2, 0.25) is 0 Å². The van der Waals surface area contributed by atoms with Crippen LogP contribution in [0.2, 0.25) is 0 Å². The van der Waals surface area contributed by atoms with Crippen molar-refractivity contribution < 1.29 is 119 Å². The molecule has 56 heteroatoms. The zero-order valence-electron chi connectivity index (χ0n) is 69.6. The summed E-state index contributed by atoms with van der Waals surface area (Å²) in [4.78, 5) is 0. The molecule has 34 aliphatic heterocycles. The Kier molecular flexibility index (Phi) is 41.2. The number of pyridine rings is 4. The molecule has 752 valence electrons. The fraction of sp³-hybridized carbons (Fsp3) is 0.0476. The third-order valence-corrected chi connectivity index (χ3v) is 44.7. The van der Waals surface area contributed by atoms with E-state index < -0.39 is 31.2 Å². The zero-order chi connectivity index (χ0) is 101. The molecule has 34 aliphatic rings. The van der Waals surface area contributed by atoms with Crippen LogP contribution in [0, 0.1) is 0 Å². The van der Waals surface area contributed by atoms with Gasteiger partial charge < -0.3 is 0 Å². The Morgan fingerprint density at radius 1 is 0.129 bits per heavy atom. The molecule has 42 rings (SSSR count). The summed E-state index contributed by atoms with van der Waals surface area (Å²) in [5.74, 6) is 0. The summed E-state index contributed by atoms with van der Waals surface area (Å²) in [5.41, 5.74) is 14.9. The normalized spacial score (nSPS) is 19.1. The minimum absolute atomic E-state index is 0.832. The van der Waals surface area contributed by atoms with E-state index in [2.05, 4.69) is 343 Å². The van der Waals surface area contributed by atoms with E-state index in [4.69, 9.17) is 0 Å². The molecular formula is C84H64F24N4P4S24. The van der Waals surface area contributed by atoms with E-state index in [1.807, 2.05) is 282 Å². The van der Waals surface area contributed by atoms with Crippen molar-refractivity contribution in [2.75, 3.05) is 0 Å². The van der Waals surface area contributed by atoms with Crippen molar-refractivity contribution in [3.05, 3.63) is 398 Å². The van der Waals surface area contributed by atoms with Crippen molar-refractivity contribution in [2.45, 2.75) is 26.2 Å². The van der Waals surface area contributed by atoms with E-state index in [1.165, 1.54) is 118 Å². The Morgan fingerprint density at radius 2 is 0.207 bits per heavy atom. The van der Waals surface area contributed by atoms with Gasteiger partial charge >= 0.3 is 132 Å². The second kappa shape index (κ2) is 49.1. The number of halogens is 24. The van der Waals surface area contributed by atoms with Gasteiger partial charge in [-0.05, 0) is 174 Å². The molecule has 16 bridgehead atoms. The molecule has 0 radical (unpaired) electrons. The summed E-state index contributed by atoms with van der Waals surface area (Å²) in [5, 5.41) is 51.2. The van der Waals surface area contributed by atoms with Crippen LogP contribution in [0.1, 0.15) is 22.3 Å². The van der Waals surface area contributed by atoms with Crippen LogP contribution in [-0.4, -0.2) is 0 Å². The van der Waals surface area contributed by atoms with Crippen molar-refractivity contribution in [3.8, 4) is 44.5 Å². The molecule has 0 atom stereocenters. The van der Waals surface area contributed by atoms with Gasteiger partial charge in [0.05, 0.1) is 50.8 Å². The molecular weight excluding hydrogens is 2410 g/mol. The van der Waals surface area contributed by atoms with E-state index in [1.54, 1.807) is 0 Å². The van der Waals surface area contributed by atoms with Gasteiger partial charge in [-0.1, -0.05) is 379 Å². The number of rotatable bonds is 0. The van der Waals surface area contributed by atoms with Crippen LogP contribution in [0.3, 0.4) is 0 Å². The van der Waals surface area contributed by atoms with Crippen molar-refractivity contribution in [3.63, 3.8) is 0 Å². The molecule has 4 aromatic heterocycles. The molecule has 8 aromatic rings. The van der Waals surface area contributed by atoms with Gasteiger partial charge in [0.25, 0.3) is 0 Å². The average molecular weight is 2480 g/mol. The van der Waals surface area contributed by atoms with Crippen LogP contribution in [0.5, 0.6) is 0 Å². The number of hydrogen-bond acceptors (Lipinski definition) is 24. The number of hydrogen-bond donors (Lipinski definition) is 0. The van der Waals surface area contributed by atoms with Gasteiger partial charge in [-0.2, -0.15) is 0 Å². The maximum Gasteiger partial charge on any atom is 0.173 e. The van der Waals surface area contributed by atoms with E-state index >= 15 is 0 Å². The summed E-state index contributed by atoms with van der Waals surface area (Å²) in [7, 11) is -42.6. The third-order valence-electron chi connectivity index (χ3n) is 16.0. The Morgan fingerprint density at radius 3 is 0.293 bits per heavy atom. The number of nitrogens with zero attached hydrogens (tertiary/aromatic N) is 4. The second-order valence-corrected chi connectivity index (χ2v) is 60.0. The molecule has 0 N–H and O–H groups in total. The fourth-order valence-electron chi connectivity index (χ4n) is 10.7. The molecule has 4 aromatic carbocycles. The van der Waals surface area contributed by atoms with Crippen LogP contribution < -0.4 is 18.3 Å². The smallest absolute Gasteiger partial charge is 0.173 e. The fourth-order valence-corrected chi connectivity index (χ4v) is 34.9. The molecule has 0 aliphatic carbocycles. The molecule has 0 amide bonds. The van der Waals surface area contributed by atoms with E-state index in [-0.39, 0.29) is 0 Å². The molecule has 0 unspecified atom stereocenters. The maximum absolute atomic E-state index is 10.7. The number of benzene rings is 4. The Balaban J connectivity index is 0.000000171. The second-order valence-electron chi connectivity index (χ2n) is 27.2. The first-order chi connectivity index (χ1) is 65.3. The van der Waals surface area contributed by atoms with Crippen LogP contribution in [0.25, 0.3) is 44.5 Å². The summed E-state index contributed by atoms with van der Waals surface area (Å²) < 4.78 is 263. The number of thioether (sulfide) groups is 24. The quantitative estimate of drug-likeness (QED) is 0.0813. The summed E-state index contributed by atoms with van der Waals surface area (Å²) in [6.45, 7) is 3.33. The van der Waals surface area contributed by atoms with Crippen molar-refractivity contribution in [2.24, 2.45) is 0 Å². The van der Waals surface area contributed by atoms with Gasteiger partial charge in [0.1, 0.15) is 0 Å². The van der Waals surface area contributed by atoms with Gasteiger partial charge in [-0.25, -0.2) is 18.3 Å². The third kappa shape index (κ3) is 51.6. The Labute approximate surface area is 891 Å². The van der Waals surface area contributed by atoms with Crippen LogP contribution in [0.4, 0.5) is 101 Å². The van der Waals surface area contributed by atoms with E-state index in [9.17, 15) is 101 Å². The minimum Gasteiger partial charge on any atom is -0.201 e. The minimum atomic E-state index is -10.7. The standard InChI is InChI=1S/C48H40N4.6C6H4S4.4F6P/c1-9-41-10-2-37(1)33-49-25-17-45(18-26-49)46-19-27-51(28-20-46)35-39-5-13-43(14-6-39)44-15-7-40(8-16-44)36-52-31-23-48(24-32-52)47-21-29-50(30-22-47)34-38-3-11-42(41)12-4-38;6*1-2-8-5(7-1)6-9-3-4-10-6;4*1-7(2,3,4,5)6/h1-32H,33-36H2;6*1-4H;;;;/q+4;;;;;;;4*-1. The summed E-state index contributed by atoms with van der Waals surface area (Å²) >= 11 is 43.7. The van der Waals surface area contributed by atoms with E-state index in [0.29, 0.717) is 0 Å². The van der Waals surface area contributed by atoms with Gasteiger partial charge in [0.15, 0.2) is 75.8 Å². The summed E-state index contributed by atoms with van der Waals surface area (Å²) in [6.07, 6.45) is 17.4. The zero-order valence-corrected chi connectivity index (χ0v) is 92.8. The molecule has 0 saturated carbocycles.